The smallest absolute Gasteiger partial charge is 0.240 e. The van der Waals surface area contributed by atoms with Crippen molar-refractivity contribution in [2.24, 2.45) is 5.73 Å². The van der Waals surface area contributed by atoms with Crippen molar-refractivity contribution < 1.29 is 9.53 Å². The van der Waals surface area contributed by atoms with Gasteiger partial charge in [0.1, 0.15) is 5.75 Å². The lowest BCUT2D eigenvalue weighted by Gasteiger charge is -2.24. The molecule has 1 rings (SSSR count). The van der Waals surface area contributed by atoms with Crippen LogP contribution in [0.25, 0.3) is 0 Å². The quantitative estimate of drug-likeness (QED) is 0.864. The molecule has 100 valence electrons. The number of amides is 1. The summed E-state index contributed by atoms with van der Waals surface area (Å²) in [6.45, 7) is 2.66. The third kappa shape index (κ3) is 3.62. The van der Waals surface area contributed by atoms with Crippen LogP contribution in [-0.2, 0) is 4.79 Å². The highest BCUT2D eigenvalue weighted by atomic mass is 35.5. The van der Waals surface area contributed by atoms with Crippen molar-refractivity contribution in [3.05, 3.63) is 23.2 Å². The van der Waals surface area contributed by atoms with E-state index in [1.807, 2.05) is 0 Å². The van der Waals surface area contributed by atoms with Crippen LogP contribution in [0.1, 0.15) is 19.8 Å². The van der Waals surface area contributed by atoms with Crippen molar-refractivity contribution in [2.45, 2.75) is 19.8 Å². The Labute approximate surface area is 113 Å². The molecule has 4 nitrogen and oxygen atoms in total. The maximum Gasteiger partial charge on any atom is 0.240 e. The molecule has 0 unspecified atom stereocenters. The first-order valence-corrected chi connectivity index (χ1v) is 6.35. The standard InChI is InChI=1S/C13H19ClN2O2/c1-3-4-7-16(13(17)9-15)11-8-10(14)5-6-12(11)18-2/h5-6,8H,3-4,7,9,15H2,1-2H3. The van der Waals surface area contributed by atoms with E-state index in [4.69, 9.17) is 22.1 Å². The second-order valence-electron chi connectivity index (χ2n) is 3.92. The zero-order chi connectivity index (χ0) is 13.5. The summed E-state index contributed by atoms with van der Waals surface area (Å²) in [5.74, 6) is 0.487. The fourth-order valence-electron chi connectivity index (χ4n) is 1.68. The Morgan fingerprint density at radius 3 is 2.78 bits per heavy atom. The van der Waals surface area contributed by atoms with Gasteiger partial charge in [-0.1, -0.05) is 24.9 Å². The molecule has 0 bridgehead atoms. The summed E-state index contributed by atoms with van der Waals surface area (Å²) in [4.78, 5) is 13.5. The second kappa shape index (κ2) is 7.24. The average molecular weight is 271 g/mol. The molecule has 0 heterocycles. The van der Waals surface area contributed by atoms with Crippen LogP contribution in [0, 0.1) is 0 Å². The SMILES string of the molecule is CCCCN(C(=O)CN)c1cc(Cl)ccc1OC. The zero-order valence-corrected chi connectivity index (χ0v) is 11.5. The molecule has 0 atom stereocenters. The Hall–Kier alpha value is -1.26. The van der Waals surface area contributed by atoms with Crippen LogP contribution in [-0.4, -0.2) is 26.1 Å². The van der Waals surface area contributed by atoms with Crippen LogP contribution in [0.5, 0.6) is 5.75 Å². The van der Waals surface area contributed by atoms with Crippen molar-refractivity contribution in [2.75, 3.05) is 25.1 Å². The third-order valence-corrected chi connectivity index (χ3v) is 2.88. The van der Waals surface area contributed by atoms with Gasteiger partial charge in [-0.3, -0.25) is 4.79 Å². The number of hydrogen-bond acceptors (Lipinski definition) is 3. The molecule has 5 heteroatoms. The van der Waals surface area contributed by atoms with Crippen LogP contribution in [0.3, 0.4) is 0 Å². The van der Waals surface area contributed by atoms with E-state index in [9.17, 15) is 4.79 Å². The maximum absolute atomic E-state index is 11.9. The molecule has 0 spiro atoms. The summed E-state index contributed by atoms with van der Waals surface area (Å²) >= 11 is 5.98. The van der Waals surface area contributed by atoms with Gasteiger partial charge in [0, 0.05) is 11.6 Å². The van der Waals surface area contributed by atoms with E-state index in [2.05, 4.69) is 6.92 Å². The molecule has 0 aliphatic heterocycles. The highest BCUT2D eigenvalue weighted by molar-refractivity contribution is 6.31. The molecule has 0 radical (unpaired) electrons. The van der Waals surface area contributed by atoms with Crippen molar-refractivity contribution in [1.82, 2.24) is 0 Å². The minimum absolute atomic E-state index is 0.0284. The average Bonchev–Trinajstić information content (AvgIpc) is 2.39. The molecule has 1 aromatic carbocycles. The monoisotopic (exact) mass is 270 g/mol. The van der Waals surface area contributed by atoms with Crippen molar-refractivity contribution >= 4 is 23.2 Å². The molecule has 1 amide bonds. The summed E-state index contributed by atoms with van der Waals surface area (Å²) in [5, 5.41) is 0.567. The van der Waals surface area contributed by atoms with Crippen LogP contribution in [0.4, 0.5) is 5.69 Å². The number of carbonyl (C=O) groups excluding carboxylic acids is 1. The number of ether oxygens (including phenoxy) is 1. The Morgan fingerprint density at radius 1 is 1.50 bits per heavy atom. The van der Waals surface area contributed by atoms with Gasteiger partial charge in [0.15, 0.2) is 0 Å². The molecular weight excluding hydrogens is 252 g/mol. The van der Waals surface area contributed by atoms with Gasteiger partial charge in [-0.2, -0.15) is 0 Å². The van der Waals surface area contributed by atoms with Crippen LogP contribution in [0.2, 0.25) is 5.02 Å². The molecule has 0 aliphatic carbocycles. The number of hydrogen-bond donors (Lipinski definition) is 1. The fraction of sp³-hybridized carbons (Fsp3) is 0.462. The molecule has 0 saturated heterocycles. The molecule has 0 aliphatic rings. The molecule has 1 aromatic rings. The third-order valence-electron chi connectivity index (χ3n) is 2.64. The lowest BCUT2D eigenvalue weighted by atomic mass is 10.2. The van der Waals surface area contributed by atoms with Gasteiger partial charge in [-0.25, -0.2) is 0 Å². The fourth-order valence-corrected chi connectivity index (χ4v) is 1.85. The largest absolute Gasteiger partial charge is 0.495 e. The summed E-state index contributed by atoms with van der Waals surface area (Å²) < 4.78 is 5.26. The first-order valence-electron chi connectivity index (χ1n) is 5.98. The first-order chi connectivity index (χ1) is 8.63. The lowest BCUT2D eigenvalue weighted by molar-refractivity contribution is -0.117. The second-order valence-corrected chi connectivity index (χ2v) is 4.36. The number of carbonyl (C=O) groups is 1. The lowest BCUT2D eigenvalue weighted by Crippen LogP contribution is -2.37. The van der Waals surface area contributed by atoms with Crippen LogP contribution < -0.4 is 15.4 Å². The first kappa shape index (κ1) is 14.8. The van der Waals surface area contributed by atoms with Crippen molar-refractivity contribution in [3.63, 3.8) is 0 Å². The van der Waals surface area contributed by atoms with Gasteiger partial charge < -0.3 is 15.4 Å². The zero-order valence-electron chi connectivity index (χ0n) is 10.8. The summed E-state index contributed by atoms with van der Waals surface area (Å²) in [5.41, 5.74) is 6.12. The predicted octanol–water partition coefficient (Wildman–Crippen LogP) is 2.44. The molecule has 2 N–H and O–H groups in total. The van der Waals surface area contributed by atoms with E-state index in [1.165, 1.54) is 0 Å². The van der Waals surface area contributed by atoms with Gasteiger partial charge in [-0.05, 0) is 24.6 Å². The topological polar surface area (TPSA) is 55.6 Å². The van der Waals surface area contributed by atoms with Crippen LogP contribution in [0.15, 0.2) is 18.2 Å². The van der Waals surface area contributed by atoms with Crippen LogP contribution >= 0.6 is 11.6 Å². The number of methoxy groups -OCH3 is 1. The summed E-state index contributed by atoms with van der Waals surface area (Å²) in [6, 6.07) is 5.21. The van der Waals surface area contributed by atoms with Gasteiger partial charge in [0.2, 0.25) is 5.91 Å². The summed E-state index contributed by atoms with van der Waals surface area (Å²) in [6.07, 6.45) is 1.90. The Kier molecular flexibility index (Phi) is 5.95. The van der Waals surface area contributed by atoms with E-state index in [-0.39, 0.29) is 12.5 Å². The predicted molar refractivity (Wildman–Crippen MR) is 74.3 cm³/mol. The molecular formula is C13H19ClN2O2. The van der Waals surface area contributed by atoms with Crippen molar-refractivity contribution in [3.8, 4) is 5.75 Å². The van der Waals surface area contributed by atoms with Gasteiger partial charge in [0.25, 0.3) is 0 Å². The van der Waals surface area contributed by atoms with E-state index in [1.54, 1.807) is 30.2 Å². The Bertz CT molecular complexity index is 410. The van der Waals surface area contributed by atoms with Gasteiger partial charge in [0.05, 0.1) is 19.3 Å². The highest BCUT2D eigenvalue weighted by Gasteiger charge is 2.18. The summed E-state index contributed by atoms with van der Waals surface area (Å²) in [7, 11) is 1.57. The van der Waals surface area contributed by atoms with Crippen molar-refractivity contribution in [1.29, 1.82) is 0 Å². The van der Waals surface area contributed by atoms with Gasteiger partial charge >= 0.3 is 0 Å². The highest BCUT2D eigenvalue weighted by Crippen LogP contribution is 2.31. The van der Waals surface area contributed by atoms with E-state index >= 15 is 0 Å². The van der Waals surface area contributed by atoms with E-state index in [0.29, 0.717) is 23.0 Å². The number of rotatable bonds is 6. The molecule has 18 heavy (non-hydrogen) atoms. The number of nitrogens with zero attached hydrogens (tertiary/aromatic N) is 1. The number of anilines is 1. The molecule has 0 fully saturated rings. The minimum Gasteiger partial charge on any atom is -0.495 e. The van der Waals surface area contributed by atoms with E-state index < -0.39 is 0 Å². The molecule has 0 aromatic heterocycles. The Balaban J connectivity index is 3.10. The maximum atomic E-state index is 11.9. The number of benzene rings is 1. The molecule has 0 saturated carbocycles. The Morgan fingerprint density at radius 2 is 2.22 bits per heavy atom. The number of unbranched alkanes of at least 4 members (excludes halogenated alkanes) is 1. The number of halogens is 1. The minimum atomic E-state index is -0.135. The number of nitrogens with two attached hydrogens (primary N) is 1. The van der Waals surface area contributed by atoms with E-state index in [0.717, 1.165) is 12.8 Å². The van der Waals surface area contributed by atoms with Gasteiger partial charge in [-0.15, -0.1) is 0 Å². The normalized spacial score (nSPS) is 10.2.